The van der Waals surface area contributed by atoms with Crippen molar-refractivity contribution < 1.29 is 14.3 Å². The lowest BCUT2D eigenvalue weighted by Gasteiger charge is -2.32. The Morgan fingerprint density at radius 3 is 2.77 bits per heavy atom. The van der Waals surface area contributed by atoms with E-state index in [4.69, 9.17) is 9.47 Å². The number of fused-ring (bicyclic) bond motifs is 1. The van der Waals surface area contributed by atoms with Crippen LogP contribution in [0.3, 0.4) is 0 Å². The number of nitrogens with one attached hydrogen (secondary N) is 1. The van der Waals surface area contributed by atoms with Crippen LogP contribution in [-0.4, -0.2) is 56.8 Å². The fourth-order valence-corrected chi connectivity index (χ4v) is 4.21. The minimum Gasteiger partial charge on any atom is -0.454 e. The molecule has 0 bridgehead atoms. The van der Waals surface area contributed by atoms with Gasteiger partial charge in [0.25, 0.3) is 5.91 Å². The predicted octanol–water partition coefficient (Wildman–Crippen LogP) is 2.79. The molecule has 2 aliphatic rings. The number of ether oxygens (including phenoxy) is 2. The third kappa shape index (κ3) is 4.41. The first-order valence-electron chi connectivity index (χ1n) is 10.7. The molecule has 2 aromatic heterocycles. The average Bonchev–Trinajstić information content (AvgIpc) is 3.56. The molecule has 5 rings (SSSR count). The molecule has 1 amide bonds. The van der Waals surface area contributed by atoms with E-state index < -0.39 is 0 Å². The first-order chi connectivity index (χ1) is 15.3. The lowest BCUT2D eigenvalue weighted by atomic mass is 10.0. The van der Waals surface area contributed by atoms with Crippen molar-refractivity contribution in [2.75, 3.05) is 31.7 Å². The molecule has 1 aromatic carbocycles. The number of likely N-dealkylation sites (tertiary alicyclic amines) is 1. The highest BCUT2D eigenvalue weighted by Gasteiger charge is 2.23. The quantitative estimate of drug-likeness (QED) is 0.630. The molecule has 1 fully saturated rings. The van der Waals surface area contributed by atoms with Crippen LogP contribution in [0.5, 0.6) is 11.5 Å². The molecule has 162 valence electrons. The van der Waals surface area contributed by atoms with E-state index >= 15 is 0 Å². The summed E-state index contributed by atoms with van der Waals surface area (Å²) in [6, 6.07) is 9.30. The zero-order valence-electron chi connectivity index (χ0n) is 17.3. The minimum absolute atomic E-state index is 0.184. The molecule has 2 aliphatic heterocycles. The van der Waals surface area contributed by atoms with Crippen LogP contribution < -0.4 is 14.8 Å². The largest absolute Gasteiger partial charge is 0.454 e. The monoisotopic (exact) mass is 422 g/mol. The van der Waals surface area contributed by atoms with E-state index in [9.17, 15) is 4.79 Å². The molecule has 4 heterocycles. The van der Waals surface area contributed by atoms with E-state index in [0.717, 1.165) is 51.3 Å². The van der Waals surface area contributed by atoms with E-state index in [1.165, 1.54) is 0 Å². The first kappa shape index (κ1) is 19.6. The van der Waals surface area contributed by atoms with Gasteiger partial charge in [0.05, 0.1) is 12.2 Å². The molecule has 0 spiro atoms. The number of benzene rings is 1. The molecule has 1 N–H and O–H groups in total. The lowest BCUT2D eigenvalue weighted by molar-refractivity contribution is 0.102. The van der Waals surface area contributed by atoms with Crippen LogP contribution in [0.15, 0.2) is 48.9 Å². The standard InChI is InChI=1S/C22H26N6O3/c29-22(17-3-4-19-20(15-17)31-16-30-19)25-21-5-9-24-28(21)18-6-13-26(14-7-18)10-2-12-27-11-1-8-23-27/h1,3-5,8-9,11,15,18H,2,6-7,10,12-14,16H2,(H,25,29). The molecule has 0 atom stereocenters. The normalized spacial score (nSPS) is 16.5. The fourth-order valence-electron chi connectivity index (χ4n) is 4.21. The van der Waals surface area contributed by atoms with Gasteiger partial charge >= 0.3 is 0 Å². The molecule has 0 unspecified atom stereocenters. The van der Waals surface area contributed by atoms with Gasteiger partial charge in [0.1, 0.15) is 5.82 Å². The maximum atomic E-state index is 12.8. The van der Waals surface area contributed by atoms with E-state index in [1.807, 2.05) is 33.9 Å². The summed E-state index contributed by atoms with van der Waals surface area (Å²) < 4.78 is 14.6. The summed E-state index contributed by atoms with van der Waals surface area (Å²) in [4.78, 5) is 15.2. The third-order valence-electron chi connectivity index (χ3n) is 5.87. The molecule has 0 radical (unpaired) electrons. The smallest absolute Gasteiger partial charge is 0.256 e. The number of hydrogen-bond donors (Lipinski definition) is 1. The van der Waals surface area contributed by atoms with Crippen LogP contribution >= 0.6 is 0 Å². The average molecular weight is 422 g/mol. The van der Waals surface area contributed by atoms with Gasteiger partial charge in [-0.25, -0.2) is 4.68 Å². The van der Waals surface area contributed by atoms with Gasteiger partial charge in [-0.1, -0.05) is 0 Å². The highest BCUT2D eigenvalue weighted by Crippen LogP contribution is 2.33. The summed E-state index contributed by atoms with van der Waals surface area (Å²) in [7, 11) is 0. The Bertz CT molecular complexity index is 1020. The Kier molecular flexibility index (Phi) is 5.57. The van der Waals surface area contributed by atoms with Crippen LogP contribution in [0.1, 0.15) is 35.7 Å². The predicted molar refractivity (Wildman–Crippen MR) is 114 cm³/mol. The Balaban J connectivity index is 1.15. The maximum Gasteiger partial charge on any atom is 0.256 e. The molecule has 31 heavy (non-hydrogen) atoms. The lowest BCUT2D eigenvalue weighted by Crippen LogP contribution is -2.36. The van der Waals surface area contributed by atoms with Crippen LogP contribution in [0.25, 0.3) is 0 Å². The second-order valence-corrected chi connectivity index (χ2v) is 7.88. The van der Waals surface area contributed by atoms with Crippen LogP contribution in [-0.2, 0) is 6.54 Å². The van der Waals surface area contributed by atoms with E-state index in [0.29, 0.717) is 17.1 Å². The van der Waals surface area contributed by atoms with Gasteiger partial charge in [0.2, 0.25) is 6.79 Å². The molecule has 9 nitrogen and oxygen atoms in total. The van der Waals surface area contributed by atoms with E-state index in [1.54, 1.807) is 24.4 Å². The van der Waals surface area contributed by atoms with Gasteiger partial charge in [-0.3, -0.25) is 9.48 Å². The number of rotatable bonds is 7. The van der Waals surface area contributed by atoms with Gasteiger partial charge < -0.3 is 19.7 Å². The number of hydrogen-bond acceptors (Lipinski definition) is 6. The topological polar surface area (TPSA) is 86.4 Å². The number of nitrogens with zero attached hydrogens (tertiary/aromatic N) is 5. The second-order valence-electron chi connectivity index (χ2n) is 7.88. The SMILES string of the molecule is O=C(Nc1ccnn1C1CCN(CCCn2cccn2)CC1)c1ccc2c(c1)OCO2. The molecule has 0 saturated carbocycles. The van der Waals surface area contributed by atoms with Crippen molar-refractivity contribution in [3.8, 4) is 11.5 Å². The summed E-state index contributed by atoms with van der Waals surface area (Å²) in [6.07, 6.45) is 8.67. The van der Waals surface area contributed by atoms with Crippen molar-refractivity contribution in [3.05, 3.63) is 54.5 Å². The van der Waals surface area contributed by atoms with Crippen molar-refractivity contribution in [1.82, 2.24) is 24.5 Å². The number of piperidine rings is 1. The molecule has 0 aliphatic carbocycles. The molecular formula is C22H26N6O3. The summed E-state index contributed by atoms with van der Waals surface area (Å²) in [5, 5.41) is 11.7. The van der Waals surface area contributed by atoms with Gasteiger partial charge in [-0.15, -0.1) is 0 Å². The summed E-state index contributed by atoms with van der Waals surface area (Å²) in [5.74, 6) is 1.80. The Hall–Kier alpha value is -3.33. The fraction of sp³-hybridized carbons (Fsp3) is 0.409. The van der Waals surface area contributed by atoms with E-state index in [-0.39, 0.29) is 18.7 Å². The van der Waals surface area contributed by atoms with Crippen molar-refractivity contribution in [1.29, 1.82) is 0 Å². The second kappa shape index (κ2) is 8.81. The van der Waals surface area contributed by atoms with Crippen molar-refractivity contribution in [3.63, 3.8) is 0 Å². The molecule has 3 aromatic rings. The van der Waals surface area contributed by atoms with Crippen LogP contribution in [0.4, 0.5) is 5.82 Å². The van der Waals surface area contributed by atoms with Crippen molar-refractivity contribution in [2.45, 2.75) is 31.8 Å². The van der Waals surface area contributed by atoms with Gasteiger partial charge in [-0.2, -0.15) is 10.2 Å². The number of amides is 1. The number of aryl methyl sites for hydroxylation is 1. The van der Waals surface area contributed by atoms with Crippen molar-refractivity contribution in [2.24, 2.45) is 0 Å². The van der Waals surface area contributed by atoms with Gasteiger partial charge in [0, 0.05) is 43.7 Å². The van der Waals surface area contributed by atoms with Crippen molar-refractivity contribution >= 4 is 11.7 Å². The first-order valence-corrected chi connectivity index (χ1v) is 10.7. The highest BCUT2D eigenvalue weighted by atomic mass is 16.7. The minimum atomic E-state index is -0.184. The number of carbonyl (C=O) groups excluding carboxylic acids is 1. The summed E-state index contributed by atoms with van der Waals surface area (Å²) >= 11 is 0. The van der Waals surface area contributed by atoms with Crippen LogP contribution in [0, 0.1) is 0 Å². The molecule has 9 heteroatoms. The van der Waals surface area contributed by atoms with Crippen LogP contribution in [0.2, 0.25) is 0 Å². The van der Waals surface area contributed by atoms with E-state index in [2.05, 4.69) is 20.4 Å². The Morgan fingerprint density at radius 2 is 1.94 bits per heavy atom. The number of aromatic nitrogens is 4. The third-order valence-corrected chi connectivity index (χ3v) is 5.87. The molecule has 1 saturated heterocycles. The summed E-state index contributed by atoms with van der Waals surface area (Å²) in [5.41, 5.74) is 0.531. The Labute approximate surface area is 180 Å². The van der Waals surface area contributed by atoms with Gasteiger partial charge in [0.15, 0.2) is 11.5 Å². The number of anilines is 1. The molecular weight excluding hydrogens is 396 g/mol. The van der Waals surface area contributed by atoms with Gasteiger partial charge in [-0.05, 0) is 50.1 Å². The Morgan fingerprint density at radius 1 is 1.06 bits per heavy atom. The number of carbonyl (C=O) groups is 1. The highest BCUT2D eigenvalue weighted by molar-refractivity contribution is 6.04. The maximum absolute atomic E-state index is 12.8. The zero-order chi connectivity index (χ0) is 21.0. The zero-order valence-corrected chi connectivity index (χ0v) is 17.3. The summed E-state index contributed by atoms with van der Waals surface area (Å²) in [6.45, 7) is 4.26.